The Morgan fingerprint density at radius 1 is 1.17 bits per heavy atom. The molecule has 0 unspecified atom stereocenters. The van der Waals surface area contributed by atoms with Gasteiger partial charge in [0.2, 0.25) is 4.96 Å². The minimum atomic E-state index is -0.142. The highest BCUT2D eigenvalue weighted by Gasteiger charge is 2.12. The average Bonchev–Trinajstić information content (AvgIpc) is 3.10. The molecule has 0 aliphatic carbocycles. The molecule has 6 heteroatoms. The first-order valence-electron chi connectivity index (χ1n) is 7.35. The van der Waals surface area contributed by atoms with Crippen molar-refractivity contribution < 1.29 is 0 Å². The summed E-state index contributed by atoms with van der Waals surface area (Å²) < 4.78 is 2.95. The maximum Gasteiger partial charge on any atom is 0.291 e. The summed E-state index contributed by atoms with van der Waals surface area (Å²) in [7, 11) is 0. The van der Waals surface area contributed by atoms with E-state index in [0.29, 0.717) is 15.3 Å². The van der Waals surface area contributed by atoms with Gasteiger partial charge in [-0.1, -0.05) is 69.2 Å². The molecule has 4 nitrogen and oxygen atoms in total. The number of nitrogens with zero attached hydrogens (tertiary/aromatic N) is 3. The van der Waals surface area contributed by atoms with Crippen molar-refractivity contribution in [3.8, 4) is 11.4 Å². The summed E-state index contributed by atoms with van der Waals surface area (Å²) in [6.45, 7) is 2.02. The largest absolute Gasteiger partial charge is 0.291 e. The van der Waals surface area contributed by atoms with Crippen molar-refractivity contribution in [1.29, 1.82) is 0 Å². The lowest BCUT2D eigenvalue weighted by molar-refractivity contribution is 0.936. The Hall–Kier alpha value is -2.31. The first-order chi connectivity index (χ1) is 11.6. The molecule has 118 valence electrons. The third-order valence-corrected chi connectivity index (χ3v) is 5.33. The highest BCUT2D eigenvalue weighted by molar-refractivity contribution is 9.10. The number of aryl methyl sites for hydroxylation is 1. The number of halogens is 1. The van der Waals surface area contributed by atoms with Crippen molar-refractivity contribution in [1.82, 2.24) is 14.6 Å². The third kappa shape index (κ3) is 2.68. The fourth-order valence-electron chi connectivity index (χ4n) is 2.47. The molecular formula is C18H12BrN3OS. The molecule has 4 rings (SSSR count). The van der Waals surface area contributed by atoms with Crippen molar-refractivity contribution in [3.05, 3.63) is 79.0 Å². The number of benzene rings is 2. The van der Waals surface area contributed by atoms with Crippen LogP contribution < -0.4 is 10.1 Å². The summed E-state index contributed by atoms with van der Waals surface area (Å²) in [5.41, 5.74) is 2.87. The molecule has 0 radical (unpaired) electrons. The SMILES string of the molecule is Cc1cccc(-c2nc3sc(=Cc4ccccc4Br)c(=O)n3n2)c1. The summed E-state index contributed by atoms with van der Waals surface area (Å²) in [4.78, 5) is 17.7. The highest BCUT2D eigenvalue weighted by atomic mass is 79.9. The number of aromatic nitrogens is 3. The first kappa shape index (κ1) is 15.2. The van der Waals surface area contributed by atoms with E-state index < -0.39 is 0 Å². The molecule has 0 spiro atoms. The van der Waals surface area contributed by atoms with Crippen LogP contribution in [-0.2, 0) is 0 Å². The van der Waals surface area contributed by atoms with E-state index in [0.717, 1.165) is 21.2 Å². The molecule has 0 atom stereocenters. The van der Waals surface area contributed by atoms with Gasteiger partial charge < -0.3 is 0 Å². The molecule has 0 bridgehead atoms. The van der Waals surface area contributed by atoms with Crippen LogP contribution in [0.25, 0.3) is 22.4 Å². The van der Waals surface area contributed by atoms with Crippen LogP contribution in [0.4, 0.5) is 0 Å². The van der Waals surface area contributed by atoms with Gasteiger partial charge in [-0.25, -0.2) is 0 Å². The molecule has 2 heterocycles. The lowest BCUT2D eigenvalue weighted by Gasteiger charge is -1.96. The number of hydrogen-bond donors (Lipinski definition) is 0. The molecule has 24 heavy (non-hydrogen) atoms. The fourth-order valence-corrected chi connectivity index (χ4v) is 3.77. The van der Waals surface area contributed by atoms with Gasteiger partial charge in [0.15, 0.2) is 5.82 Å². The lowest BCUT2D eigenvalue weighted by atomic mass is 10.1. The van der Waals surface area contributed by atoms with E-state index in [1.165, 1.54) is 15.9 Å². The molecule has 0 aliphatic rings. The molecule has 4 aromatic rings. The molecule has 0 amide bonds. The topological polar surface area (TPSA) is 47.3 Å². The number of hydrogen-bond acceptors (Lipinski definition) is 4. The van der Waals surface area contributed by atoms with Gasteiger partial charge >= 0.3 is 0 Å². The van der Waals surface area contributed by atoms with Crippen LogP contribution in [0, 0.1) is 6.92 Å². The molecule has 2 aromatic heterocycles. The number of rotatable bonds is 2. The zero-order valence-corrected chi connectivity index (χ0v) is 15.1. The smallest absolute Gasteiger partial charge is 0.266 e. The van der Waals surface area contributed by atoms with Crippen molar-refractivity contribution >= 4 is 38.3 Å². The highest BCUT2D eigenvalue weighted by Crippen LogP contribution is 2.18. The van der Waals surface area contributed by atoms with E-state index in [4.69, 9.17) is 0 Å². The van der Waals surface area contributed by atoms with E-state index in [9.17, 15) is 4.79 Å². The lowest BCUT2D eigenvalue weighted by Crippen LogP contribution is -2.23. The summed E-state index contributed by atoms with van der Waals surface area (Å²) in [6, 6.07) is 15.7. The third-order valence-electron chi connectivity index (χ3n) is 3.65. The van der Waals surface area contributed by atoms with Gasteiger partial charge in [0.1, 0.15) is 0 Å². The molecule has 0 saturated heterocycles. The van der Waals surface area contributed by atoms with E-state index in [1.54, 1.807) is 0 Å². The molecule has 0 saturated carbocycles. The van der Waals surface area contributed by atoms with Crippen LogP contribution in [0.3, 0.4) is 0 Å². The van der Waals surface area contributed by atoms with E-state index in [2.05, 4.69) is 26.0 Å². The zero-order chi connectivity index (χ0) is 16.7. The first-order valence-corrected chi connectivity index (χ1v) is 8.95. The minimum Gasteiger partial charge on any atom is -0.266 e. The Morgan fingerprint density at radius 2 is 2.00 bits per heavy atom. The Morgan fingerprint density at radius 3 is 2.75 bits per heavy atom. The van der Waals surface area contributed by atoms with Crippen LogP contribution in [0.2, 0.25) is 0 Å². The second-order valence-corrected chi connectivity index (χ2v) is 7.30. The molecule has 0 N–H and O–H groups in total. The van der Waals surface area contributed by atoms with Crippen LogP contribution in [0.5, 0.6) is 0 Å². The Labute approximate surface area is 150 Å². The van der Waals surface area contributed by atoms with Gasteiger partial charge in [-0.3, -0.25) is 4.79 Å². The van der Waals surface area contributed by atoms with Gasteiger partial charge in [-0.2, -0.15) is 9.50 Å². The van der Waals surface area contributed by atoms with Gasteiger partial charge in [0.05, 0.1) is 4.53 Å². The standard InChI is InChI=1S/C18H12BrN3OS/c1-11-5-4-7-13(9-11)16-20-18-22(21-16)17(23)15(24-18)10-12-6-2-3-8-14(12)19/h2-10H,1H3. The Kier molecular flexibility index (Phi) is 3.78. The van der Waals surface area contributed by atoms with Crippen molar-refractivity contribution in [2.75, 3.05) is 0 Å². The summed E-state index contributed by atoms with van der Waals surface area (Å²) >= 11 is 4.84. The van der Waals surface area contributed by atoms with Crippen LogP contribution in [0.1, 0.15) is 11.1 Å². The van der Waals surface area contributed by atoms with Gasteiger partial charge in [-0.15, -0.1) is 5.10 Å². The van der Waals surface area contributed by atoms with Crippen molar-refractivity contribution in [2.24, 2.45) is 0 Å². The summed E-state index contributed by atoms with van der Waals surface area (Å²) in [5.74, 6) is 0.578. The Bertz CT molecular complexity index is 1160. The van der Waals surface area contributed by atoms with Gasteiger partial charge in [0.25, 0.3) is 5.56 Å². The van der Waals surface area contributed by atoms with E-state index >= 15 is 0 Å². The molecule has 0 aliphatic heterocycles. The van der Waals surface area contributed by atoms with Crippen LogP contribution in [0.15, 0.2) is 57.8 Å². The molecule has 0 fully saturated rings. The van der Waals surface area contributed by atoms with Crippen molar-refractivity contribution in [3.63, 3.8) is 0 Å². The normalized spacial score (nSPS) is 12.2. The van der Waals surface area contributed by atoms with Gasteiger partial charge in [0, 0.05) is 10.0 Å². The maximum atomic E-state index is 12.6. The number of fused-ring (bicyclic) bond motifs is 1. The minimum absolute atomic E-state index is 0.142. The quantitative estimate of drug-likeness (QED) is 0.520. The average molecular weight is 398 g/mol. The van der Waals surface area contributed by atoms with E-state index in [1.807, 2.05) is 61.5 Å². The predicted molar refractivity (Wildman–Crippen MR) is 100 cm³/mol. The summed E-state index contributed by atoms with van der Waals surface area (Å²) in [5, 5.41) is 4.38. The second-order valence-electron chi connectivity index (χ2n) is 5.44. The molecular weight excluding hydrogens is 386 g/mol. The second kappa shape index (κ2) is 5.96. The Balaban J connectivity index is 1.85. The predicted octanol–water partition coefficient (Wildman–Crippen LogP) is 3.44. The maximum absolute atomic E-state index is 12.6. The number of thiazole rings is 1. The van der Waals surface area contributed by atoms with Crippen molar-refractivity contribution in [2.45, 2.75) is 6.92 Å². The van der Waals surface area contributed by atoms with E-state index in [-0.39, 0.29) is 5.56 Å². The monoisotopic (exact) mass is 397 g/mol. The molecule has 2 aromatic carbocycles. The summed E-state index contributed by atoms with van der Waals surface area (Å²) in [6.07, 6.45) is 1.86. The zero-order valence-electron chi connectivity index (χ0n) is 12.7. The fraction of sp³-hybridized carbons (Fsp3) is 0.0556. The van der Waals surface area contributed by atoms with Crippen LogP contribution >= 0.6 is 27.3 Å². The van der Waals surface area contributed by atoms with Gasteiger partial charge in [-0.05, 0) is 30.7 Å². The van der Waals surface area contributed by atoms with Crippen LogP contribution in [-0.4, -0.2) is 14.6 Å².